The molecule has 0 unspecified atom stereocenters. The smallest absolute Gasteiger partial charge is 0.251 e. The number of benzene rings is 1. The van der Waals surface area contributed by atoms with Gasteiger partial charge in [0.1, 0.15) is 11.3 Å². The molecular formula is C21H26N6O3S. The highest BCUT2D eigenvalue weighted by molar-refractivity contribution is 7.88. The molecule has 164 valence electrons. The van der Waals surface area contributed by atoms with Crippen molar-refractivity contribution in [1.82, 2.24) is 24.2 Å². The van der Waals surface area contributed by atoms with E-state index in [1.165, 1.54) is 10.6 Å². The van der Waals surface area contributed by atoms with E-state index in [0.717, 1.165) is 34.5 Å². The third kappa shape index (κ3) is 4.13. The molecule has 1 aromatic carbocycles. The van der Waals surface area contributed by atoms with Gasteiger partial charge in [0.2, 0.25) is 10.0 Å². The number of nitrogens with zero attached hydrogens (tertiary/aromatic N) is 5. The Hall–Kier alpha value is -2.98. The average Bonchev–Trinajstić information content (AvgIpc) is 3.08. The zero-order valence-corrected chi connectivity index (χ0v) is 18.8. The predicted molar refractivity (Wildman–Crippen MR) is 120 cm³/mol. The highest BCUT2D eigenvalue weighted by atomic mass is 32.2. The molecule has 1 N–H and O–H groups in total. The topological polar surface area (TPSA) is 100 Å². The maximum atomic E-state index is 12.7. The van der Waals surface area contributed by atoms with Crippen LogP contribution < -0.4 is 10.2 Å². The van der Waals surface area contributed by atoms with E-state index < -0.39 is 10.0 Å². The van der Waals surface area contributed by atoms with Crippen molar-refractivity contribution < 1.29 is 13.2 Å². The van der Waals surface area contributed by atoms with Crippen molar-refractivity contribution in [2.45, 2.75) is 19.4 Å². The number of sulfonamides is 1. The van der Waals surface area contributed by atoms with Crippen molar-refractivity contribution in [2.24, 2.45) is 7.05 Å². The standard InChI is InChI=1S/C21H26N6O3S/c1-5-14-8-15(21(28)24-16-11-27(12-16)31(4,29)30)6-7-18(14)26(3)20-9-19-17(10-22-20)23-13-25(19)2/h6-10,13,16H,5,11-12H2,1-4H3,(H,24,28). The summed E-state index contributed by atoms with van der Waals surface area (Å²) in [5.74, 6) is 0.592. The molecule has 1 aliphatic heterocycles. The van der Waals surface area contributed by atoms with Crippen LogP contribution in [0.15, 0.2) is 36.8 Å². The fourth-order valence-electron chi connectivity index (χ4n) is 3.73. The Morgan fingerprint density at radius 1 is 1.26 bits per heavy atom. The van der Waals surface area contributed by atoms with Crippen molar-refractivity contribution in [1.29, 1.82) is 0 Å². The molecule has 10 heteroatoms. The number of amides is 1. The second-order valence-corrected chi connectivity index (χ2v) is 9.88. The highest BCUT2D eigenvalue weighted by Crippen LogP contribution is 2.29. The van der Waals surface area contributed by atoms with Crippen LogP contribution in [0.4, 0.5) is 11.5 Å². The van der Waals surface area contributed by atoms with Gasteiger partial charge in [-0.3, -0.25) is 4.79 Å². The molecule has 0 atom stereocenters. The summed E-state index contributed by atoms with van der Waals surface area (Å²) in [6, 6.07) is 7.43. The Morgan fingerprint density at radius 3 is 2.68 bits per heavy atom. The van der Waals surface area contributed by atoms with Crippen molar-refractivity contribution >= 4 is 38.5 Å². The molecule has 0 spiro atoms. The highest BCUT2D eigenvalue weighted by Gasteiger charge is 2.34. The number of rotatable bonds is 6. The molecule has 9 nitrogen and oxygen atoms in total. The fourth-order valence-corrected chi connectivity index (χ4v) is 4.63. The van der Waals surface area contributed by atoms with Gasteiger partial charge >= 0.3 is 0 Å². The monoisotopic (exact) mass is 442 g/mol. The lowest BCUT2D eigenvalue weighted by Crippen LogP contribution is -2.60. The number of imidazole rings is 1. The molecule has 0 radical (unpaired) electrons. The first-order chi connectivity index (χ1) is 14.7. The molecule has 3 heterocycles. The number of hydrogen-bond donors (Lipinski definition) is 1. The first-order valence-corrected chi connectivity index (χ1v) is 11.9. The molecule has 1 amide bonds. The third-order valence-electron chi connectivity index (χ3n) is 5.68. The molecular weight excluding hydrogens is 416 g/mol. The van der Waals surface area contributed by atoms with Gasteiger partial charge in [0.15, 0.2) is 0 Å². The normalized spacial score (nSPS) is 15.1. The predicted octanol–water partition coefficient (Wildman–Crippen LogP) is 1.67. The van der Waals surface area contributed by atoms with E-state index in [0.29, 0.717) is 18.7 Å². The first-order valence-electron chi connectivity index (χ1n) is 10.1. The van der Waals surface area contributed by atoms with Crippen LogP contribution in [0.2, 0.25) is 0 Å². The van der Waals surface area contributed by atoms with Crippen LogP contribution in [0.25, 0.3) is 11.0 Å². The zero-order chi connectivity index (χ0) is 22.3. The van der Waals surface area contributed by atoms with E-state index in [4.69, 9.17) is 0 Å². The number of pyridine rings is 1. The van der Waals surface area contributed by atoms with Crippen molar-refractivity contribution in [2.75, 3.05) is 31.3 Å². The largest absolute Gasteiger partial charge is 0.347 e. The lowest BCUT2D eigenvalue weighted by atomic mass is 10.0. The number of aromatic nitrogens is 3. The van der Waals surface area contributed by atoms with Gasteiger partial charge in [0, 0.05) is 44.5 Å². The number of aryl methyl sites for hydroxylation is 2. The maximum absolute atomic E-state index is 12.7. The number of anilines is 2. The molecule has 2 aromatic heterocycles. The molecule has 1 saturated heterocycles. The summed E-state index contributed by atoms with van der Waals surface area (Å²) in [6.45, 7) is 2.67. The Morgan fingerprint density at radius 2 is 2.00 bits per heavy atom. The minimum Gasteiger partial charge on any atom is -0.347 e. The van der Waals surface area contributed by atoms with Gasteiger partial charge in [-0.2, -0.15) is 4.31 Å². The van der Waals surface area contributed by atoms with Crippen LogP contribution in [-0.2, 0) is 23.5 Å². The zero-order valence-electron chi connectivity index (χ0n) is 18.0. The van der Waals surface area contributed by atoms with Gasteiger partial charge in [0.05, 0.1) is 30.3 Å². The Labute approximate surface area is 181 Å². The number of carbonyl (C=O) groups is 1. The summed E-state index contributed by atoms with van der Waals surface area (Å²) in [5.41, 5.74) is 4.39. The van der Waals surface area contributed by atoms with Crippen LogP contribution >= 0.6 is 0 Å². The summed E-state index contributed by atoms with van der Waals surface area (Å²) in [7, 11) is 0.698. The van der Waals surface area contributed by atoms with E-state index in [2.05, 4.69) is 15.3 Å². The van der Waals surface area contributed by atoms with Gasteiger partial charge in [-0.15, -0.1) is 0 Å². The van der Waals surface area contributed by atoms with Crippen LogP contribution in [0.1, 0.15) is 22.8 Å². The second-order valence-electron chi connectivity index (χ2n) is 7.89. The van der Waals surface area contributed by atoms with Crippen LogP contribution in [0, 0.1) is 0 Å². The molecule has 3 aromatic rings. The third-order valence-corrected chi connectivity index (χ3v) is 6.91. The minimum absolute atomic E-state index is 0.163. The van der Waals surface area contributed by atoms with Crippen molar-refractivity contribution in [3.8, 4) is 0 Å². The summed E-state index contributed by atoms with van der Waals surface area (Å²) in [6.07, 6.45) is 5.44. The Kier molecular flexibility index (Phi) is 5.44. The average molecular weight is 443 g/mol. The molecule has 0 bridgehead atoms. The van der Waals surface area contributed by atoms with Gasteiger partial charge in [-0.1, -0.05) is 6.92 Å². The van der Waals surface area contributed by atoms with E-state index in [1.807, 2.05) is 48.7 Å². The van der Waals surface area contributed by atoms with Gasteiger partial charge in [-0.25, -0.2) is 18.4 Å². The minimum atomic E-state index is -3.20. The quantitative estimate of drug-likeness (QED) is 0.623. The van der Waals surface area contributed by atoms with Gasteiger partial charge < -0.3 is 14.8 Å². The SMILES string of the molecule is CCc1cc(C(=O)NC2CN(S(C)(=O)=O)C2)ccc1N(C)c1cc2c(cn1)ncn2C. The lowest BCUT2D eigenvalue weighted by molar-refractivity contribution is 0.0896. The van der Waals surface area contributed by atoms with Crippen LogP contribution in [0.3, 0.4) is 0 Å². The molecule has 1 aliphatic rings. The summed E-state index contributed by atoms with van der Waals surface area (Å²) < 4.78 is 26.3. The maximum Gasteiger partial charge on any atom is 0.251 e. The number of fused-ring (bicyclic) bond motifs is 1. The molecule has 31 heavy (non-hydrogen) atoms. The van der Waals surface area contributed by atoms with Gasteiger partial charge in [-0.05, 0) is 30.2 Å². The van der Waals surface area contributed by atoms with Crippen LogP contribution in [0.5, 0.6) is 0 Å². The summed E-state index contributed by atoms with van der Waals surface area (Å²) in [4.78, 5) is 23.5. The fraction of sp³-hybridized carbons (Fsp3) is 0.381. The van der Waals surface area contributed by atoms with E-state index in [1.54, 1.807) is 18.6 Å². The van der Waals surface area contributed by atoms with Crippen molar-refractivity contribution in [3.05, 3.63) is 47.9 Å². The van der Waals surface area contributed by atoms with E-state index in [-0.39, 0.29) is 11.9 Å². The lowest BCUT2D eigenvalue weighted by Gasteiger charge is -2.37. The summed E-state index contributed by atoms with van der Waals surface area (Å²) in [5, 5.41) is 2.91. The summed E-state index contributed by atoms with van der Waals surface area (Å²) >= 11 is 0. The Balaban J connectivity index is 1.52. The number of carbonyl (C=O) groups excluding carboxylic acids is 1. The number of hydrogen-bond acceptors (Lipinski definition) is 6. The van der Waals surface area contributed by atoms with E-state index >= 15 is 0 Å². The number of nitrogens with one attached hydrogen (secondary N) is 1. The second kappa shape index (κ2) is 7.93. The molecule has 4 rings (SSSR count). The molecule has 1 fully saturated rings. The van der Waals surface area contributed by atoms with E-state index in [9.17, 15) is 13.2 Å². The molecule has 0 aliphatic carbocycles. The van der Waals surface area contributed by atoms with Crippen LogP contribution in [-0.4, -0.2) is 65.6 Å². The van der Waals surface area contributed by atoms with Gasteiger partial charge in [0.25, 0.3) is 5.91 Å². The molecule has 0 saturated carbocycles. The Bertz CT molecular complexity index is 1250. The van der Waals surface area contributed by atoms with Crippen molar-refractivity contribution in [3.63, 3.8) is 0 Å². The first kappa shape index (κ1) is 21.3.